The average Bonchev–Trinajstić information content (AvgIpc) is 2.75. The van der Waals surface area contributed by atoms with Crippen molar-refractivity contribution in [3.63, 3.8) is 0 Å². The Bertz CT molecular complexity index is 1230. The number of fused-ring (bicyclic) bond motifs is 1. The van der Waals surface area contributed by atoms with E-state index < -0.39 is 0 Å². The molecule has 0 saturated carbocycles. The Morgan fingerprint density at radius 1 is 1.00 bits per heavy atom. The van der Waals surface area contributed by atoms with Crippen molar-refractivity contribution >= 4 is 28.3 Å². The Balaban J connectivity index is 1.86. The maximum Gasteiger partial charge on any atom is 0.261 e. The number of ether oxygens (including phenoxy) is 1. The molecule has 3 aromatic carbocycles. The molecule has 4 rings (SSSR count). The van der Waals surface area contributed by atoms with Gasteiger partial charge in [-0.1, -0.05) is 18.2 Å². The Kier molecular flexibility index (Phi) is 5.07. The number of halogens is 1. The van der Waals surface area contributed by atoms with Gasteiger partial charge in [0.05, 0.1) is 12.8 Å². The smallest absolute Gasteiger partial charge is 0.261 e. The lowest BCUT2D eigenvalue weighted by molar-refractivity contribution is 0.102. The maximum atomic E-state index is 13.2. The number of anilines is 1. The summed E-state index contributed by atoms with van der Waals surface area (Å²) in [5.74, 6) is -0.0931. The predicted molar refractivity (Wildman–Crippen MR) is 109 cm³/mol. The first-order valence-electron chi connectivity index (χ1n) is 8.91. The fourth-order valence-electron chi connectivity index (χ4n) is 2.83. The third-order valence-electron chi connectivity index (χ3n) is 4.29. The summed E-state index contributed by atoms with van der Waals surface area (Å²) in [6.07, 6.45) is 0. The van der Waals surface area contributed by atoms with E-state index >= 15 is 0 Å². The topological polar surface area (TPSA) is 63.8 Å². The minimum absolute atomic E-state index is 0.128. The second-order valence-electron chi connectivity index (χ2n) is 6.28. The van der Waals surface area contributed by atoms with Crippen LogP contribution < -0.4 is 15.6 Å². The van der Waals surface area contributed by atoms with Crippen molar-refractivity contribution in [2.75, 3.05) is 12.4 Å². The normalized spacial score (nSPS) is 11.4. The number of carbonyl (C=O) groups is 1. The molecule has 144 valence electrons. The van der Waals surface area contributed by atoms with Crippen LogP contribution >= 0.6 is 0 Å². The molecule has 6 heteroatoms. The Labute approximate surface area is 166 Å². The second kappa shape index (κ2) is 7.98. The van der Waals surface area contributed by atoms with E-state index in [1.807, 2.05) is 18.2 Å². The molecule has 1 amide bonds. The van der Waals surface area contributed by atoms with Crippen molar-refractivity contribution in [2.45, 2.75) is 0 Å². The summed E-state index contributed by atoms with van der Waals surface area (Å²) < 4.78 is 24.4. The summed E-state index contributed by atoms with van der Waals surface area (Å²) in [6.45, 7) is 0. The van der Waals surface area contributed by atoms with Gasteiger partial charge in [-0.05, 0) is 60.7 Å². The quantitative estimate of drug-likeness (QED) is 0.531. The van der Waals surface area contributed by atoms with Gasteiger partial charge in [-0.3, -0.25) is 4.79 Å². The molecule has 0 fully saturated rings. The van der Waals surface area contributed by atoms with Crippen LogP contribution in [0.25, 0.3) is 11.0 Å². The van der Waals surface area contributed by atoms with E-state index in [-0.39, 0.29) is 22.8 Å². The van der Waals surface area contributed by atoms with Gasteiger partial charge < -0.3 is 14.5 Å². The van der Waals surface area contributed by atoms with E-state index in [0.29, 0.717) is 28.1 Å². The summed E-state index contributed by atoms with van der Waals surface area (Å²) >= 11 is 0. The van der Waals surface area contributed by atoms with Crippen LogP contribution in [0.2, 0.25) is 0 Å². The van der Waals surface area contributed by atoms with Crippen molar-refractivity contribution in [2.24, 2.45) is 4.99 Å². The van der Waals surface area contributed by atoms with Crippen LogP contribution in [-0.4, -0.2) is 13.0 Å². The molecule has 0 aliphatic carbocycles. The molecule has 1 aromatic heterocycles. The summed E-state index contributed by atoms with van der Waals surface area (Å²) in [7, 11) is 1.57. The van der Waals surface area contributed by atoms with Crippen LogP contribution in [0.1, 0.15) is 10.4 Å². The largest absolute Gasteiger partial charge is 0.497 e. The minimum atomic E-state index is -0.370. The zero-order valence-corrected chi connectivity index (χ0v) is 15.6. The molecule has 4 aromatic rings. The zero-order valence-electron chi connectivity index (χ0n) is 15.6. The first kappa shape index (κ1) is 18.4. The summed E-state index contributed by atoms with van der Waals surface area (Å²) in [5.41, 5.74) is 2.04. The van der Waals surface area contributed by atoms with Crippen LogP contribution in [0.5, 0.6) is 5.75 Å². The zero-order chi connectivity index (χ0) is 20.2. The number of hydrogen-bond donors (Lipinski definition) is 1. The van der Waals surface area contributed by atoms with Gasteiger partial charge in [0.25, 0.3) is 5.91 Å². The van der Waals surface area contributed by atoms with E-state index in [4.69, 9.17) is 9.15 Å². The van der Waals surface area contributed by atoms with Crippen LogP contribution in [0.4, 0.5) is 15.8 Å². The summed E-state index contributed by atoms with van der Waals surface area (Å²) in [6, 6.07) is 21.7. The van der Waals surface area contributed by atoms with E-state index in [1.54, 1.807) is 43.5 Å². The fraction of sp³-hybridized carbons (Fsp3) is 0.0435. The molecule has 0 saturated heterocycles. The number of para-hydroxylation sites is 1. The van der Waals surface area contributed by atoms with Crippen LogP contribution in [0, 0.1) is 5.82 Å². The van der Waals surface area contributed by atoms with Gasteiger partial charge in [-0.15, -0.1) is 0 Å². The molecule has 29 heavy (non-hydrogen) atoms. The van der Waals surface area contributed by atoms with Crippen molar-refractivity contribution in [3.8, 4) is 5.75 Å². The number of nitrogens with one attached hydrogen (secondary N) is 1. The van der Waals surface area contributed by atoms with Gasteiger partial charge >= 0.3 is 0 Å². The maximum absolute atomic E-state index is 13.2. The molecular weight excluding hydrogens is 371 g/mol. The lowest BCUT2D eigenvalue weighted by Gasteiger charge is -2.08. The number of hydrogen-bond acceptors (Lipinski definition) is 4. The highest BCUT2D eigenvalue weighted by molar-refractivity contribution is 6.05. The standard InChI is InChI=1S/C23H17FN2O3/c1-28-19-11-12-21-15(13-19)14-20(22(27)25-17-5-3-2-4-6-17)23(29-21)26-18-9-7-16(24)8-10-18/h2-14H,1H3,(H,25,27). The van der Waals surface area contributed by atoms with Crippen molar-refractivity contribution in [1.29, 1.82) is 0 Å². The highest BCUT2D eigenvalue weighted by Crippen LogP contribution is 2.21. The van der Waals surface area contributed by atoms with E-state index in [9.17, 15) is 9.18 Å². The highest BCUT2D eigenvalue weighted by Gasteiger charge is 2.14. The molecule has 1 N–H and O–H groups in total. The van der Waals surface area contributed by atoms with Gasteiger partial charge in [0.15, 0.2) is 0 Å². The van der Waals surface area contributed by atoms with Gasteiger partial charge in [0, 0.05) is 11.1 Å². The molecule has 0 spiro atoms. The Hall–Kier alpha value is -3.93. The molecule has 0 atom stereocenters. The lowest BCUT2D eigenvalue weighted by Crippen LogP contribution is -2.21. The fourth-order valence-corrected chi connectivity index (χ4v) is 2.83. The van der Waals surface area contributed by atoms with Crippen LogP contribution in [0.15, 0.2) is 88.3 Å². The van der Waals surface area contributed by atoms with Crippen molar-refractivity contribution in [3.05, 3.63) is 95.8 Å². The van der Waals surface area contributed by atoms with E-state index in [1.165, 1.54) is 24.3 Å². The van der Waals surface area contributed by atoms with Crippen molar-refractivity contribution in [1.82, 2.24) is 0 Å². The monoisotopic (exact) mass is 388 g/mol. The first-order valence-corrected chi connectivity index (χ1v) is 8.91. The highest BCUT2D eigenvalue weighted by atomic mass is 19.1. The second-order valence-corrected chi connectivity index (χ2v) is 6.28. The molecule has 0 radical (unpaired) electrons. The Morgan fingerprint density at radius 2 is 1.76 bits per heavy atom. The molecule has 0 aliphatic rings. The summed E-state index contributed by atoms with van der Waals surface area (Å²) in [5, 5.41) is 3.53. The molecule has 1 heterocycles. The molecular formula is C23H17FN2O3. The first-order chi connectivity index (χ1) is 14.1. The van der Waals surface area contributed by atoms with E-state index in [2.05, 4.69) is 10.3 Å². The number of carbonyl (C=O) groups excluding carboxylic acids is 1. The van der Waals surface area contributed by atoms with Gasteiger partial charge in [-0.2, -0.15) is 0 Å². The van der Waals surface area contributed by atoms with Gasteiger partial charge in [0.2, 0.25) is 5.55 Å². The summed E-state index contributed by atoms with van der Waals surface area (Å²) in [4.78, 5) is 17.4. The van der Waals surface area contributed by atoms with E-state index in [0.717, 1.165) is 0 Å². The SMILES string of the molecule is COc1ccc2oc(=Nc3ccc(F)cc3)c(C(=O)Nc3ccccc3)cc2c1. The predicted octanol–water partition coefficient (Wildman–Crippen LogP) is 5.07. The van der Waals surface area contributed by atoms with Crippen LogP contribution in [0.3, 0.4) is 0 Å². The van der Waals surface area contributed by atoms with Crippen LogP contribution in [-0.2, 0) is 0 Å². The number of methoxy groups -OCH3 is 1. The number of benzene rings is 3. The van der Waals surface area contributed by atoms with Gasteiger partial charge in [-0.25, -0.2) is 9.38 Å². The molecule has 5 nitrogen and oxygen atoms in total. The third-order valence-corrected chi connectivity index (χ3v) is 4.29. The molecule has 0 aliphatic heterocycles. The third kappa shape index (κ3) is 4.16. The lowest BCUT2D eigenvalue weighted by atomic mass is 10.1. The number of nitrogens with zero attached hydrogens (tertiary/aromatic N) is 1. The molecule has 0 unspecified atom stereocenters. The number of rotatable bonds is 4. The van der Waals surface area contributed by atoms with Gasteiger partial charge in [0.1, 0.15) is 22.7 Å². The Morgan fingerprint density at radius 3 is 2.48 bits per heavy atom. The minimum Gasteiger partial charge on any atom is -0.497 e. The molecule has 0 bridgehead atoms. The number of amides is 1. The average molecular weight is 388 g/mol. The van der Waals surface area contributed by atoms with Crippen molar-refractivity contribution < 1.29 is 18.3 Å².